The van der Waals surface area contributed by atoms with Gasteiger partial charge in [-0.05, 0) is 12.1 Å². The highest BCUT2D eigenvalue weighted by atomic mass is 35.5. The molecule has 0 aromatic heterocycles. The number of sulfonamides is 1. The molecule has 1 aromatic carbocycles. The van der Waals surface area contributed by atoms with Crippen LogP contribution >= 0.6 is 23.2 Å². The topological polar surface area (TPSA) is 75.6 Å². The van der Waals surface area contributed by atoms with Gasteiger partial charge in [0.15, 0.2) is 0 Å². The third kappa shape index (κ3) is 3.57. The van der Waals surface area contributed by atoms with Crippen LogP contribution in [0.15, 0.2) is 17.0 Å². The van der Waals surface area contributed by atoms with Gasteiger partial charge in [0, 0.05) is 24.2 Å². The van der Waals surface area contributed by atoms with E-state index in [2.05, 4.69) is 4.72 Å². The third-order valence-corrected chi connectivity index (χ3v) is 4.60. The van der Waals surface area contributed by atoms with E-state index >= 15 is 0 Å². The normalized spacial score (nSPS) is 11.8. The van der Waals surface area contributed by atoms with Gasteiger partial charge in [0.05, 0.1) is 18.2 Å². The molecule has 8 heteroatoms. The summed E-state index contributed by atoms with van der Waals surface area (Å²) in [6, 6.07) is 2.67. The maximum Gasteiger partial charge on any atom is 0.242 e. The molecule has 0 heterocycles. The Balaban J connectivity index is 3.10. The van der Waals surface area contributed by atoms with Crippen LogP contribution in [0.5, 0.6) is 0 Å². The molecule has 0 aliphatic heterocycles. The van der Waals surface area contributed by atoms with Gasteiger partial charge in [-0.2, -0.15) is 0 Å². The van der Waals surface area contributed by atoms with Gasteiger partial charge in [0.2, 0.25) is 10.0 Å². The molecule has 2 N–H and O–H groups in total. The minimum Gasteiger partial charge on any atom is -0.392 e. The first kappa shape index (κ1) is 15.7. The first-order valence-corrected chi connectivity index (χ1v) is 7.24. The molecule has 1 aromatic rings. The Hall–Kier alpha value is -0.370. The van der Waals surface area contributed by atoms with E-state index in [0.29, 0.717) is 0 Å². The molecule has 0 bridgehead atoms. The van der Waals surface area contributed by atoms with Crippen molar-refractivity contribution in [3.05, 3.63) is 27.7 Å². The first-order valence-electron chi connectivity index (χ1n) is 5.00. The Bertz CT molecular complexity index is 519. The Morgan fingerprint density at radius 1 is 1.39 bits per heavy atom. The quantitative estimate of drug-likeness (QED) is 0.779. The molecular weight excluding hydrogens is 301 g/mol. The number of methoxy groups -OCH3 is 1. The number of halogens is 2. The molecule has 5 nitrogen and oxygen atoms in total. The highest BCUT2D eigenvalue weighted by Gasteiger charge is 2.20. The van der Waals surface area contributed by atoms with Crippen molar-refractivity contribution in [3.8, 4) is 0 Å². The van der Waals surface area contributed by atoms with Crippen molar-refractivity contribution in [2.75, 3.05) is 20.3 Å². The maximum absolute atomic E-state index is 11.9. The summed E-state index contributed by atoms with van der Waals surface area (Å²) < 4.78 is 30.9. The molecule has 0 spiro atoms. The second-order valence-corrected chi connectivity index (χ2v) is 5.91. The van der Waals surface area contributed by atoms with E-state index in [1.54, 1.807) is 0 Å². The van der Waals surface area contributed by atoms with Crippen molar-refractivity contribution in [1.82, 2.24) is 4.72 Å². The Labute approximate surface area is 116 Å². The van der Waals surface area contributed by atoms with Crippen molar-refractivity contribution in [2.45, 2.75) is 11.5 Å². The van der Waals surface area contributed by atoms with E-state index in [1.807, 2.05) is 0 Å². The van der Waals surface area contributed by atoms with Crippen LogP contribution < -0.4 is 4.72 Å². The predicted molar refractivity (Wildman–Crippen MR) is 69.4 cm³/mol. The zero-order valence-corrected chi connectivity index (χ0v) is 11.9. The summed E-state index contributed by atoms with van der Waals surface area (Å²) in [7, 11) is -2.28. The van der Waals surface area contributed by atoms with E-state index in [9.17, 15) is 8.42 Å². The molecule has 0 amide bonds. The summed E-state index contributed by atoms with van der Waals surface area (Å²) in [5.74, 6) is 0. The number of rotatable bonds is 6. The minimum atomic E-state index is -3.74. The molecule has 0 saturated heterocycles. The molecule has 18 heavy (non-hydrogen) atoms. The summed E-state index contributed by atoms with van der Waals surface area (Å²) >= 11 is 11.7. The van der Waals surface area contributed by atoms with Crippen molar-refractivity contribution in [2.24, 2.45) is 0 Å². The van der Waals surface area contributed by atoms with Crippen LogP contribution in [0.1, 0.15) is 5.56 Å². The standard InChI is InChI=1S/C10H13Cl2NO4S/c1-17-5-4-13-18(15,16)9-3-2-8(11)7(6-14)10(9)12/h2-3,13-14H,4-6H2,1H3. The highest BCUT2D eigenvalue weighted by Crippen LogP contribution is 2.30. The third-order valence-electron chi connectivity index (χ3n) is 2.20. The van der Waals surface area contributed by atoms with Crippen molar-refractivity contribution < 1.29 is 18.3 Å². The molecule has 0 aliphatic rings. The van der Waals surface area contributed by atoms with Gasteiger partial charge in [-0.1, -0.05) is 23.2 Å². The highest BCUT2D eigenvalue weighted by molar-refractivity contribution is 7.89. The lowest BCUT2D eigenvalue weighted by atomic mass is 10.2. The largest absolute Gasteiger partial charge is 0.392 e. The fourth-order valence-electron chi connectivity index (χ4n) is 1.28. The molecule has 0 fully saturated rings. The zero-order valence-electron chi connectivity index (χ0n) is 9.61. The van der Waals surface area contributed by atoms with Gasteiger partial charge in [0.25, 0.3) is 0 Å². The number of hydrogen-bond donors (Lipinski definition) is 2. The monoisotopic (exact) mass is 313 g/mol. The summed E-state index contributed by atoms with van der Waals surface area (Å²) in [6.07, 6.45) is 0. The molecule has 102 valence electrons. The molecule has 0 unspecified atom stereocenters. The van der Waals surface area contributed by atoms with Crippen LogP contribution in [0, 0.1) is 0 Å². The van der Waals surface area contributed by atoms with Crippen LogP contribution in [0.3, 0.4) is 0 Å². The van der Waals surface area contributed by atoms with E-state index in [1.165, 1.54) is 19.2 Å². The molecule has 1 rings (SSSR count). The molecule has 0 radical (unpaired) electrons. The van der Waals surface area contributed by atoms with E-state index in [-0.39, 0.29) is 33.7 Å². The van der Waals surface area contributed by atoms with Crippen molar-refractivity contribution in [3.63, 3.8) is 0 Å². The van der Waals surface area contributed by atoms with Crippen LogP contribution in [-0.2, 0) is 21.4 Å². The smallest absolute Gasteiger partial charge is 0.242 e. The number of benzene rings is 1. The second-order valence-electron chi connectivity index (χ2n) is 3.39. The number of aliphatic hydroxyl groups excluding tert-OH is 1. The Kier molecular flexibility index (Phi) is 5.84. The van der Waals surface area contributed by atoms with E-state index < -0.39 is 16.6 Å². The fraction of sp³-hybridized carbons (Fsp3) is 0.400. The van der Waals surface area contributed by atoms with Gasteiger partial charge >= 0.3 is 0 Å². The van der Waals surface area contributed by atoms with Gasteiger partial charge < -0.3 is 9.84 Å². The number of ether oxygens (including phenoxy) is 1. The van der Waals surface area contributed by atoms with Gasteiger partial charge in [-0.3, -0.25) is 0 Å². The molecule has 0 aliphatic carbocycles. The Morgan fingerprint density at radius 3 is 2.61 bits per heavy atom. The number of hydrogen-bond acceptors (Lipinski definition) is 4. The van der Waals surface area contributed by atoms with Crippen molar-refractivity contribution in [1.29, 1.82) is 0 Å². The summed E-state index contributed by atoms with van der Waals surface area (Å²) in [5, 5.41) is 9.25. The summed E-state index contributed by atoms with van der Waals surface area (Å²) in [4.78, 5) is -0.117. The minimum absolute atomic E-state index is 0.0742. The van der Waals surface area contributed by atoms with Crippen molar-refractivity contribution >= 4 is 33.2 Å². The average molecular weight is 314 g/mol. The van der Waals surface area contributed by atoms with Gasteiger partial charge in [0.1, 0.15) is 4.90 Å². The lowest BCUT2D eigenvalue weighted by molar-refractivity contribution is 0.204. The lowest BCUT2D eigenvalue weighted by Gasteiger charge is -2.11. The predicted octanol–water partition coefficient (Wildman–Crippen LogP) is 1.41. The molecular formula is C10H13Cl2NO4S. The summed E-state index contributed by atoms with van der Waals surface area (Å²) in [6.45, 7) is -0.0529. The molecule has 0 atom stereocenters. The van der Waals surface area contributed by atoms with Crippen LogP contribution in [0.2, 0.25) is 10.0 Å². The second kappa shape index (κ2) is 6.70. The SMILES string of the molecule is COCCNS(=O)(=O)c1ccc(Cl)c(CO)c1Cl. The van der Waals surface area contributed by atoms with E-state index in [0.717, 1.165) is 0 Å². The lowest BCUT2D eigenvalue weighted by Crippen LogP contribution is -2.27. The zero-order chi connectivity index (χ0) is 13.8. The first-order chi connectivity index (χ1) is 8.44. The van der Waals surface area contributed by atoms with E-state index in [4.69, 9.17) is 33.0 Å². The summed E-state index contributed by atoms with van der Waals surface area (Å²) in [5.41, 5.74) is 0.188. The van der Waals surface area contributed by atoms with Crippen LogP contribution in [0.4, 0.5) is 0 Å². The fourth-order valence-corrected chi connectivity index (χ4v) is 3.19. The van der Waals surface area contributed by atoms with Gasteiger partial charge in [-0.15, -0.1) is 0 Å². The van der Waals surface area contributed by atoms with Crippen LogP contribution in [-0.4, -0.2) is 33.8 Å². The Morgan fingerprint density at radius 2 is 2.06 bits per heavy atom. The van der Waals surface area contributed by atoms with Crippen LogP contribution in [0.25, 0.3) is 0 Å². The molecule has 0 saturated carbocycles. The van der Waals surface area contributed by atoms with Gasteiger partial charge in [-0.25, -0.2) is 13.1 Å². The number of aliphatic hydroxyl groups is 1. The maximum atomic E-state index is 11.9. The average Bonchev–Trinajstić information content (AvgIpc) is 2.29. The number of nitrogens with one attached hydrogen (secondary N) is 1.